The van der Waals surface area contributed by atoms with Crippen LogP contribution < -0.4 is 15.8 Å². The first-order chi connectivity index (χ1) is 10.7. The Morgan fingerprint density at radius 2 is 2.00 bits per heavy atom. The predicted molar refractivity (Wildman–Crippen MR) is 86.0 cm³/mol. The highest BCUT2D eigenvalue weighted by molar-refractivity contribution is 5.76. The number of ether oxygens (including phenoxy) is 2. The number of amides is 1. The van der Waals surface area contributed by atoms with Gasteiger partial charge >= 0.3 is 0 Å². The lowest BCUT2D eigenvalue weighted by Crippen LogP contribution is -2.44. The monoisotopic (exact) mass is 306 g/mol. The highest BCUT2D eigenvalue weighted by Gasteiger charge is 2.34. The molecular formula is C17H26N2O3. The van der Waals surface area contributed by atoms with Gasteiger partial charge in [-0.1, -0.05) is 12.1 Å². The zero-order chi connectivity index (χ0) is 15.8. The van der Waals surface area contributed by atoms with Crippen molar-refractivity contribution in [2.75, 3.05) is 32.9 Å². The first-order valence-electron chi connectivity index (χ1n) is 7.98. The second-order valence-corrected chi connectivity index (χ2v) is 5.67. The predicted octanol–water partition coefficient (Wildman–Crippen LogP) is 1.60. The van der Waals surface area contributed by atoms with Crippen molar-refractivity contribution < 1.29 is 14.3 Å². The Hall–Kier alpha value is -1.59. The molecule has 0 aromatic heterocycles. The number of rotatable bonds is 7. The Balaban J connectivity index is 2.11. The molecular weight excluding hydrogens is 280 g/mol. The molecule has 1 heterocycles. The van der Waals surface area contributed by atoms with Gasteiger partial charge in [-0.3, -0.25) is 4.79 Å². The lowest BCUT2D eigenvalue weighted by atomic mass is 9.74. The Morgan fingerprint density at radius 3 is 2.59 bits per heavy atom. The molecule has 1 saturated heterocycles. The van der Waals surface area contributed by atoms with Gasteiger partial charge in [-0.15, -0.1) is 0 Å². The van der Waals surface area contributed by atoms with E-state index in [2.05, 4.69) is 17.4 Å². The maximum absolute atomic E-state index is 11.8. The molecule has 3 N–H and O–H groups in total. The molecule has 0 saturated carbocycles. The highest BCUT2D eigenvalue weighted by Crippen LogP contribution is 2.35. The molecule has 2 rings (SSSR count). The molecule has 0 unspecified atom stereocenters. The summed E-state index contributed by atoms with van der Waals surface area (Å²) in [6.07, 6.45) is 2.18. The molecule has 1 aliphatic heterocycles. The zero-order valence-electron chi connectivity index (χ0n) is 13.3. The molecule has 122 valence electrons. The van der Waals surface area contributed by atoms with E-state index in [9.17, 15) is 4.79 Å². The Labute approximate surface area is 132 Å². The van der Waals surface area contributed by atoms with Gasteiger partial charge in [0.1, 0.15) is 5.75 Å². The van der Waals surface area contributed by atoms with Crippen molar-refractivity contribution in [3.8, 4) is 5.75 Å². The fraction of sp³-hybridized carbons (Fsp3) is 0.588. The van der Waals surface area contributed by atoms with Gasteiger partial charge in [-0.25, -0.2) is 0 Å². The normalized spacial score (nSPS) is 17.0. The SMILES string of the molecule is CCOc1ccc(C2(CNC(=O)CCN)CCOCC2)cc1. The number of nitrogens with two attached hydrogens (primary N) is 1. The minimum Gasteiger partial charge on any atom is -0.494 e. The molecule has 0 bridgehead atoms. The summed E-state index contributed by atoms with van der Waals surface area (Å²) in [5.74, 6) is 0.889. The molecule has 0 atom stereocenters. The van der Waals surface area contributed by atoms with E-state index < -0.39 is 0 Å². The van der Waals surface area contributed by atoms with E-state index in [1.807, 2.05) is 19.1 Å². The number of benzene rings is 1. The fourth-order valence-corrected chi connectivity index (χ4v) is 2.89. The summed E-state index contributed by atoms with van der Waals surface area (Å²) in [6, 6.07) is 8.20. The summed E-state index contributed by atoms with van der Waals surface area (Å²) in [7, 11) is 0. The first-order valence-corrected chi connectivity index (χ1v) is 7.98. The van der Waals surface area contributed by atoms with Gasteiger partial charge in [-0.2, -0.15) is 0 Å². The number of hydrogen-bond donors (Lipinski definition) is 2. The summed E-state index contributed by atoms with van der Waals surface area (Å²) in [5, 5.41) is 3.03. The van der Waals surface area contributed by atoms with Crippen LogP contribution in [0.4, 0.5) is 0 Å². The van der Waals surface area contributed by atoms with Crippen LogP contribution in [0.3, 0.4) is 0 Å². The van der Waals surface area contributed by atoms with Gasteiger partial charge in [0.2, 0.25) is 5.91 Å². The van der Waals surface area contributed by atoms with Crippen molar-refractivity contribution in [1.29, 1.82) is 0 Å². The Bertz CT molecular complexity index is 467. The van der Waals surface area contributed by atoms with E-state index in [-0.39, 0.29) is 11.3 Å². The van der Waals surface area contributed by atoms with Gasteiger partial charge in [-0.05, 0) is 37.5 Å². The summed E-state index contributed by atoms with van der Waals surface area (Å²) < 4.78 is 11.0. The number of nitrogens with one attached hydrogen (secondary N) is 1. The van der Waals surface area contributed by atoms with E-state index in [0.29, 0.717) is 26.1 Å². The maximum Gasteiger partial charge on any atom is 0.221 e. The minimum absolute atomic E-state index is 0.0132. The second kappa shape index (κ2) is 8.15. The molecule has 0 spiro atoms. The largest absolute Gasteiger partial charge is 0.494 e. The van der Waals surface area contributed by atoms with Crippen LogP contribution in [0.1, 0.15) is 31.7 Å². The number of hydrogen-bond acceptors (Lipinski definition) is 4. The van der Waals surface area contributed by atoms with E-state index in [0.717, 1.165) is 31.8 Å². The molecule has 5 heteroatoms. The summed E-state index contributed by atoms with van der Waals surface area (Å²) in [6.45, 7) is 5.09. The van der Waals surface area contributed by atoms with Gasteiger partial charge < -0.3 is 20.5 Å². The average Bonchev–Trinajstić information content (AvgIpc) is 2.55. The number of carbonyl (C=O) groups is 1. The van der Waals surface area contributed by atoms with Crippen LogP contribution in [0.25, 0.3) is 0 Å². The average molecular weight is 306 g/mol. The Morgan fingerprint density at radius 1 is 1.32 bits per heavy atom. The topological polar surface area (TPSA) is 73.6 Å². The summed E-state index contributed by atoms with van der Waals surface area (Å²) in [5.41, 5.74) is 6.60. The van der Waals surface area contributed by atoms with Crippen molar-refractivity contribution in [2.45, 2.75) is 31.6 Å². The van der Waals surface area contributed by atoms with E-state index >= 15 is 0 Å². The third-order valence-electron chi connectivity index (χ3n) is 4.22. The van der Waals surface area contributed by atoms with Gasteiger partial charge in [0.25, 0.3) is 0 Å². The van der Waals surface area contributed by atoms with Crippen LogP contribution in [0.15, 0.2) is 24.3 Å². The van der Waals surface area contributed by atoms with Crippen LogP contribution >= 0.6 is 0 Å². The second-order valence-electron chi connectivity index (χ2n) is 5.67. The van der Waals surface area contributed by atoms with Gasteiger partial charge in [0, 0.05) is 38.1 Å². The molecule has 1 aromatic rings. The number of carbonyl (C=O) groups excluding carboxylic acids is 1. The molecule has 0 aliphatic carbocycles. The van der Waals surface area contributed by atoms with Crippen molar-refractivity contribution >= 4 is 5.91 Å². The molecule has 1 aliphatic rings. The van der Waals surface area contributed by atoms with Crippen molar-refractivity contribution in [1.82, 2.24) is 5.32 Å². The third kappa shape index (κ3) is 4.21. The van der Waals surface area contributed by atoms with Crippen LogP contribution in [0.2, 0.25) is 0 Å². The quantitative estimate of drug-likeness (QED) is 0.802. The van der Waals surface area contributed by atoms with Crippen LogP contribution in [-0.2, 0) is 14.9 Å². The van der Waals surface area contributed by atoms with Crippen molar-refractivity contribution in [3.63, 3.8) is 0 Å². The van der Waals surface area contributed by atoms with E-state index in [1.54, 1.807) is 0 Å². The molecule has 1 fully saturated rings. The highest BCUT2D eigenvalue weighted by atomic mass is 16.5. The molecule has 1 amide bonds. The summed E-state index contributed by atoms with van der Waals surface area (Å²) in [4.78, 5) is 11.8. The van der Waals surface area contributed by atoms with E-state index in [4.69, 9.17) is 15.2 Å². The standard InChI is InChI=1S/C17H26N2O3/c1-2-22-15-5-3-14(4-6-15)17(8-11-21-12-9-17)13-19-16(20)7-10-18/h3-6H,2,7-13,18H2,1H3,(H,19,20). The van der Waals surface area contributed by atoms with Gasteiger partial charge in [0.15, 0.2) is 0 Å². The molecule has 5 nitrogen and oxygen atoms in total. The third-order valence-corrected chi connectivity index (χ3v) is 4.22. The van der Waals surface area contributed by atoms with Crippen molar-refractivity contribution in [3.05, 3.63) is 29.8 Å². The molecule has 22 heavy (non-hydrogen) atoms. The van der Waals surface area contributed by atoms with Crippen LogP contribution in [0, 0.1) is 0 Å². The zero-order valence-corrected chi connectivity index (χ0v) is 13.3. The first kappa shape index (κ1) is 16.8. The minimum atomic E-state index is -0.0622. The lowest BCUT2D eigenvalue weighted by Gasteiger charge is -2.38. The summed E-state index contributed by atoms with van der Waals surface area (Å²) >= 11 is 0. The maximum atomic E-state index is 11.8. The van der Waals surface area contributed by atoms with Crippen LogP contribution in [0.5, 0.6) is 5.75 Å². The van der Waals surface area contributed by atoms with Crippen molar-refractivity contribution in [2.24, 2.45) is 5.73 Å². The van der Waals surface area contributed by atoms with E-state index in [1.165, 1.54) is 5.56 Å². The molecule has 1 aromatic carbocycles. The smallest absolute Gasteiger partial charge is 0.221 e. The lowest BCUT2D eigenvalue weighted by molar-refractivity contribution is -0.121. The Kier molecular flexibility index (Phi) is 6.21. The van der Waals surface area contributed by atoms with Gasteiger partial charge in [0.05, 0.1) is 6.61 Å². The fourth-order valence-electron chi connectivity index (χ4n) is 2.89. The molecule has 0 radical (unpaired) electrons. The van der Waals surface area contributed by atoms with Crippen LogP contribution in [-0.4, -0.2) is 38.8 Å².